The predicted octanol–water partition coefficient (Wildman–Crippen LogP) is 1.79. The van der Waals surface area contributed by atoms with Crippen LogP contribution in [0.5, 0.6) is 0 Å². The van der Waals surface area contributed by atoms with E-state index < -0.39 is 0 Å². The van der Waals surface area contributed by atoms with Gasteiger partial charge in [-0.15, -0.1) is 0 Å². The molecule has 0 fully saturated rings. The van der Waals surface area contributed by atoms with Crippen molar-refractivity contribution in [1.29, 1.82) is 0 Å². The lowest BCUT2D eigenvalue weighted by atomic mass is 10.1. The smallest absolute Gasteiger partial charge is 0.123 e. The third-order valence-electron chi connectivity index (χ3n) is 0.976. The van der Waals surface area contributed by atoms with E-state index in [1.807, 2.05) is 26.0 Å². The van der Waals surface area contributed by atoms with Gasteiger partial charge in [-0.3, -0.25) is 0 Å². The molecule has 0 heterocycles. The Bertz CT molecular complexity index is 84.4. The summed E-state index contributed by atoms with van der Waals surface area (Å²) in [6, 6.07) is 0. The highest BCUT2D eigenvalue weighted by molar-refractivity contribution is 5.52. The van der Waals surface area contributed by atoms with Gasteiger partial charge < -0.3 is 4.79 Å². The van der Waals surface area contributed by atoms with Gasteiger partial charge in [0.2, 0.25) is 0 Å². The van der Waals surface area contributed by atoms with Gasteiger partial charge in [0, 0.05) is 5.92 Å². The molecule has 0 aromatic heterocycles. The van der Waals surface area contributed by atoms with Crippen LogP contribution in [0, 0.1) is 5.92 Å². The van der Waals surface area contributed by atoms with E-state index in [0.717, 1.165) is 12.7 Å². The van der Waals surface area contributed by atoms with Gasteiger partial charge in [0.25, 0.3) is 0 Å². The third kappa shape index (κ3) is 3.59. The summed E-state index contributed by atoms with van der Waals surface area (Å²) in [7, 11) is 0. The van der Waals surface area contributed by atoms with Crippen molar-refractivity contribution in [3.05, 3.63) is 12.2 Å². The third-order valence-corrected chi connectivity index (χ3v) is 0.976. The SMILES string of the molecule is C/C=C\CC(C)C=O. The van der Waals surface area contributed by atoms with Crippen LogP contribution >= 0.6 is 0 Å². The molecule has 1 unspecified atom stereocenters. The lowest BCUT2D eigenvalue weighted by Gasteiger charge is -1.92. The van der Waals surface area contributed by atoms with Crippen LogP contribution in [0.4, 0.5) is 0 Å². The van der Waals surface area contributed by atoms with E-state index in [1.54, 1.807) is 0 Å². The summed E-state index contributed by atoms with van der Waals surface area (Å²) >= 11 is 0. The minimum atomic E-state index is 0.186. The summed E-state index contributed by atoms with van der Waals surface area (Å²) in [5, 5.41) is 0. The van der Waals surface area contributed by atoms with Crippen molar-refractivity contribution in [2.24, 2.45) is 5.92 Å². The topological polar surface area (TPSA) is 17.1 Å². The molecule has 0 aliphatic heterocycles. The van der Waals surface area contributed by atoms with Gasteiger partial charge in [0.1, 0.15) is 6.29 Å². The molecule has 46 valence electrons. The van der Waals surface area contributed by atoms with Crippen molar-refractivity contribution in [2.45, 2.75) is 20.3 Å². The molecule has 0 saturated carbocycles. The average Bonchev–Trinajstić information content (AvgIpc) is 1.83. The molecular formula is C7H12O. The van der Waals surface area contributed by atoms with Crippen molar-refractivity contribution in [1.82, 2.24) is 0 Å². The Kier molecular flexibility index (Phi) is 4.23. The number of carbonyl (C=O) groups excluding carboxylic acids is 1. The maximum Gasteiger partial charge on any atom is 0.123 e. The minimum Gasteiger partial charge on any atom is -0.303 e. The second-order valence-corrected chi connectivity index (χ2v) is 1.92. The molecule has 0 amide bonds. The van der Waals surface area contributed by atoms with Gasteiger partial charge in [-0.1, -0.05) is 19.1 Å². The second kappa shape index (κ2) is 4.57. The summed E-state index contributed by atoms with van der Waals surface area (Å²) in [6.45, 7) is 3.87. The molecule has 0 aromatic rings. The van der Waals surface area contributed by atoms with Crippen molar-refractivity contribution in [2.75, 3.05) is 0 Å². The van der Waals surface area contributed by atoms with Crippen molar-refractivity contribution in [3.63, 3.8) is 0 Å². The largest absolute Gasteiger partial charge is 0.303 e. The van der Waals surface area contributed by atoms with Crippen molar-refractivity contribution >= 4 is 6.29 Å². The molecule has 1 nitrogen and oxygen atoms in total. The van der Waals surface area contributed by atoms with E-state index in [-0.39, 0.29) is 5.92 Å². The maximum absolute atomic E-state index is 9.98. The minimum absolute atomic E-state index is 0.186. The first kappa shape index (κ1) is 7.41. The number of allylic oxidation sites excluding steroid dienone is 2. The number of hydrogen-bond acceptors (Lipinski definition) is 1. The molecule has 1 atom stereocenters. The number of aldehydes is 1. The molecule has 0 radical (unpaired) electrons. The fraction of sp³-hybridized carbons (Fsp3) is 0.571. The zero-order chi connectivity index (χ0) is 6.41. The molecule has 1 heteroatoms. The lowest BCUT2D eigenvalue weighted by Crippen LogP contribution is -1.91. The fourth-order valence-corrected chi connectivity index (χ4v) is 0.406. The average molecular weight is 112 g/mol. The van der Waals surface area contributed by atoms with E-state index in [0.29, 0.717) is 0 Å². The summed E-state index contributed by atoms with van der Waals surface area (Å²) < 4.78 is 0. The molecule has 0 N–H and O–H groups in total. The Balaban J connectivity index is 3.23. The Hall–Kier alpha value is -0.590. The van der Waals surface area contributed by atoms with Crippen LogP contribution in [-0.2, 0) is 4.79 Å². The van der Waals surface area contributed by atoms with Crippen molar-refractivity contribution in [3.8, 4) is 0 Å². The number of hydrogen-bond donors (Lipinski definition) is 0. The van der Waals surface area contributed by atoms with Crippen LogP contribution < -0.4 is 0 Å². The first-order chi connectivity index (χ1) is 3.81. The summed E-state index contributed by atoms with van der Waals surface area (Å²) in [4.78, 5) is 9.98. The van der Waals surface area contributed by atoms with E-state index >= 15 is 0 Å². The van der Waals surface area contributed by atoms with Gasteiger partial charge in [-0.2, -0.15) is 0 Å². The highest BCUT2D eigenvalue weighted by Crippen LogP contribution is 1.96. The van der Waals surface area contributed by atoms with Crippen LogP contribution in [0.25, 0.3) is 0 Å². The summed E-state index contributed by atoms with van der Waals surface area (Å²) in [5.41, 5.74) is 0. The fourth-order valence-electron chi connectivity index (χ4n) is 0.406. The Morgan fingerprint density at radius 1 is 1.62 bits per heavy atom. The molecule has 0 bridgehead atoms. The van der Waals surface area contributed by atoms with E-state index in [2.05, 4.69) is 0 Å². The van der Waals surface area contributed by atoms with Gasteiger partial charge >= 0.3 is 0 Å². The molecule has 0 aliphatic rings. The Morgan fingerprint density at radius 2 is 2.25 bits per heavy atom. The molecule has 0 aromatic carbocycles. The lowest BCUT2D eigenvalue weighted by molar-refractivity contribution is -0.110. The van der Waals surface area contributed by atoms with E-state index in [4.69, 9.17) is 0 Å². The number of rotatable bonds is 3. The standard InChI is InChI=1S/C7H12O/c1-3-4-5-7(2)6-8/h3-4,6-7H,5H2,1-2H3/b4-3-. The predicted molar refractivity (Wildman–Crippen MR) is 34.7 cm³/mol. The van der Waals surface area contributed by atoms with Crippen LogP contribution in [0.1, 0.15) is 20.3 Å². The van der Waals surface area contributed by atoms with Crippen LogP contribution in [-0.4, -0.2) is 6.29 Å². The molecule has 8 heavy (non-hydrogen) atoms. The maximum atomic E-state index is 9.98. The Labute approximate surface area is 50.4 Å². The zero-order valence-corrected chi connectivity index (χ0v) is 5.42. The molecular weight excluding hydrogens is 100 g/mol. The highest BCUT2D eigenvalue weighted by Gasteiger charge is 1.91. The first-order valence-corrected chi connectivity index (χ1v) is 2.87. The zero-order valence-electron chi connectivity index (χ0n) is 5.42. The summed E-state index contributed by atoms with van der Waals surface area (Å²) in [5.74, 6) is 0.186. The van der Waals surface area contributed by atoms with E-state index in [9.17, 15) is 4.79 Å². The molecule has 0 aliphatic carbocycles. The van der Waals surface area contributed by atoms with Crippen molar-refractivity contribution < 1.29 is 4.79 Å². The Morgan fingerprint density at radius 3 is 2.62 bits per heavy atom. The second-order valence-electron chi connectivity index (χ2n) is 1.92. The highest BCUT2D eigenvalue weighted by atomic mass is 16.1. The normalized spacial score (nSPS) is 14.2. The summed E-state index contributed by atoms with van der Waals surface area (Å²) in [6.07, 6.45) is 5.80. The van der Waals surface area contributed by atoms with Crippen LogP contribution in [0.3, 0.4) is 0 Å². The molecule has 0 rings (SSSR count). The first-order valence-electron chi connectivity index (χ1n) is 2.87. The van der Waals surface area contributed by atoms with E-state index in [1.165, 1.54) is 0 Å². The van der Waals surface area contributed by atoms with Gasteiger partial charge in [0.05, 0.1) is 0 Å². The molecule has 0 spiro atoms. The van der Waals surface area contributed by atoms with Gasteiger partial charge in [0.15, 0.2) is 0 Å². The van der Waals surface area contributed by atoms with Crippen LogP contribution in [0.15, 0.2) is 12.2 Å². The quantitative estimate of drug-likeness (QED) is 0.402. The molecule has 0 saturated heterocycles. The monoisotopic (exact) mass is 112 g/mol. The van der Waals surface area contributed by atoms with Gasteiger partial charge in [-0.25, -0.2) is 0 Å². The van der Waals surface area contributed by atoms with Crippen LogP contribution in [0.2, 0.25) is 0 Å². The number of carbonyl (C=O) groups is 1. The van der Waals surface area contributed by atoms with Gasteiger partial charge in [-0.05, 0) is 13.3 Å².